The molecule has 1 heterocycles. The van der Waals surface area contributed by atoms with Crippen molar-refractivity contribution >= 4 is 18.3 Å². The standard InChI is InChI=1S/C12H22N2O.ClH/c1-3-12(2)7-10(12)11(15)14-8-9-5-4-6-13-9;/h9-10,13H,3-8H2,1-2H3,(H,14,15);1H. The van der Waals surface area contributed by atoms with Crippen molar-refractivity contribution in [3.63, 3.8) is 0 Å². The fraction of sp³-hybridized carbons (Fsp3) is 0.917. The molecule has 3 atom stereocenters. The summed E-state index contributed by atoms with van der Waals surface area (Å²) in [5.41, 5.74) is 0.299. The Balaban J connectivity index is 0.00000128. The average molecular weight is 247 g/mol. The Morgan fingerprint density at radius 2 is 2.31 bits per heavy atom. The zero-order valence-corrected chi connectivity index (χ0v) is 11.0. The van der Waals surface area contributed by atoms with E-state index in [0.29, 0.717) is 11.5 Å². The third kappa shape index (κ3) is 2.89. The van der Waals surface area contributed by atoms with Gasteiger partial charge >= 0.3 is 0 Å². The SMILES string of the molecule is CCC1(C)CC1C(=O)NCC1CCCN1.Cl. The Morgan fingerprint density at radius 3 is 2.81 bits per heavy atom. The minimum absolute atomic E-state index is 0. The molecule has 2 aliphatic rings. The molecule has 1 saturated heterocycles. The summed E-state index contributed by atoms with van der Waals surface area (Å²) >= 11 is 0. The summed E-state index contributed by atoms with van der Waals surface area (Å²) in [6.45, 7) is 6.31. The van der Waals surface area contributed by atoms with Gasteiger partial charge in [0.25, 0.3) is 0 Å². The highest BCUT2D eigenvalue weighted by Gasteiger charge is 2.52. The van der Waals surface area contributed by atoms with Gasteiger partial charge in [-0.05, 0) is 37.6 Å². The van der Waals surface area contributed by atoms with Gasteiger partial charge in [0, 0.05) is 18.5 Å². The lowest BCUT2D eigenvalue weighted by Gasteiger charge is -2.12. The number of carbonyl (C=O) groups is 1. The van der Waals surface area contributed by atoms with Crippen molar-refractivity contribution in [3.8, 4) is 0 Å². The van der Waals surface area contributed by atoms with Crippen LogP contribution in [0.4, 0.5) is 0 Å². The first kappa shape index (κ1) is 13.8. The topological polar surface area (TPSA) is 41.1 Å². The second kappa shape index (κ2) is 5.37. The van der Waals surface area contributed by atoms with Gasteiger partial charge in [0.2, 0.25) is 5.91 Å². The quantitative estimate of drug-likeness (QED) is 0.793. The van der Waals surface area contributed by atoms with Crippen LogP contribution in [0.3, 0.4) is 0 Å². The van der Waals surface area contributed by atoms with E-state index in [4.69, 9.17) is 0 Å². The normalized spacial score (nSPS) is 36.6. The summed E-state index contributed by atoms with van der Waals surface area (Å²) in [4.78, 5) is 11.8. The van der Waals surface area contributed by atoms with Gasteiger partial charge in [-0.25, -0.2) is 0 Å². The van der Waals surface area contributed by atoms with Gasteiger partial charge in [0.15, 0.2) is 0 Å². The number of hydrogen-bond donors (Lipinski definition) is 2. The molecule has 0 spiro atoms. The van der Waals surface area contributed by atoms with Crippen LogP contribution in [0, 0.1) is 11.3 Å². The summed E-state index contributed by atoms with van der Waals surface area (Å²) in [6, 6.07) is 0.514. The van der Waals surface area contributed by atoms with Crippen LogP contribution in [0.15, 0.2) is 0 Å². The zero-order valence-electron chi connectivity index (χ0n) is 10.2. The van der Waals surface area contributed by atoms with Gasteiger partial charge in [0.1, 0.15) is 0 Å². The van der Waals surface area contributed by atoms with Gasteiger partial charge in [-0.2, -0.15) is 0 Å². The van der Waals surface area contributed by atoms with Crippen molar-refractivity contribution in [2.45, 2.75) is 45.6 Å². The van der Waals surface area contributed by atoms with Crippen LogP contribution in [-0.2, 0) is 4.79 Å². The van der Waals surface area contributed by atoms with E-state index in [1.807, 2.05) is 0 Å². The van der Waals surface area contributed by atoms with Gasteiger partial charge in [-0.15, -0.1) is 12.4 Å². The highest BCUT2D eigenvalue weighted by atomic mass is 35.5. The highest BCUT2D eigenvalue weighted by Crippen LogP contribution is 2.54. The van der Waals surface area contributed by atoms with Crippen LogP contribution in [-0.4, -0.2) is 25.0 Å². The maximum atomic E-state index is 11.8. The number of nitrogens with one attached hydrogen (secondary N) is 2. The number of carbonyl (C=O) groups excluding carboxylic acids is 1. The lowest BCUT2D eigenvalue weighted by atomic mass is 10.0. The van der Waals surface area contributed by atoms with Gasteiger partial charge < -0.3 is 10.6 Å². The van der Waals surface area contributed by atoms with E-state index in [9.17, 15) is 4.79 Å². The lowest BCUT2D eigenvalue weighted by molar-refractivity contribution is -0.123. The second-order valence-electron chi connectivity index (χ2n) is 5.30. The van der Waals surface area contributed by atoms with Crippen molar-refractivity contribution in [1.29, 1.82) is 0 Å². The van der Waals surface area contributed by atoms with E-state index >= 15 is 0 Å². The molecule has 2 fully saturated rings. The molecule has 94 valence electrons. The van der Waals surface area contributed by atoms with Gasteiger partial charge in [0.05, 0.1) is 0 Å². The smallest absolute Gasteiger partial charge is 0.223 e. The van der Waals surface area contributed by atoms with E-state index in [2.05, 4.69) is 24.5 Å². The van der Waals surface area contributed by atoms with Crippen LogP contribution >= 0.6 is 12.4 Å². The maximum Gasteiger partial charge on any atom is 0.223 e. The van der Waals surface area contributed by atoms with Gasteiger partial charge in [-0.1, -0.05) is 13.8 Å². The predicted molar refractivity (Wildman–Crippen MR) is 67.8 cm³/mol. The highest BCUT2D eigenvalue weighted by molar-refractivity contribution is 5.85. The van der Waals surface area contributed by atoms with E-state index in [1.54, 1.807) is 0 Å². The Hall–Kier alpha value is -0.280. The Labute approximate surface area is 104 Å². The molecule has 1 aliphatic carbocycles. The van der Waals surface area contributed by atoms with Gasteiger partial charge in [-0.3, -0.25) is 4.79 Å². The zero-order chi connectivity index (χ0) is 10.9. The first-order valence-corrected chi connectivity index (χ1v) is 6.17. The van der Waals surface area contributed by atoms with Crippen LogP contribution < -0.4 is 10.6 Å². The molecule has 2 rings (SSSR count). The fourth-order valence-electron chi connectivity index (χ4n) is 2.49. The van der Waals surface area contributed by atoms with Crippen molar-refractivity contribution in [2.24, 2.45) is 11.3 Å². The number of halogens is 1. The van der Waals surface area contributed by atoms with Crippen molar-refractivity contribution in [1.82, 2.24) is 10.6 Å². The van der Waals surface area contributed by atoms with Crippen LogP contribution in [0.25, 0.3) is 0 Å². The molecule has 3 unspecified atom stereocenters. The molecular formula is C12H23ClN2O. The molecule has 0 aromatic carbocycles. The Morgan fingerprint density at radius 1 is 1.56 bits per heavy atom. The van der Waals surface area contributed by atoms with Crippen LogP contribution in [0.2, 0.25) is 0 Å². The molecule has 3 nitrogen and oxygen atoms in total. The minimum Gasteiger partial charge on any atom is -0.354 e. The Bertz CT molecular complexity index is 253. The molecule has 0 bridgehead atoms. The summed E-state index contributed by atoms with van der Waals surface area (Å²) < 4.78 is 0. The summed E-state index contributed by atoms with van der Waals surface area (Å²) in [7, 11) is 0. The lowest BCUT2D eigenvalue weighted by Crippen LogP contribution is -2.38. The van der Waals surface area contributed by atoms with E-state index in [1.165, 1.54) is 12.8 Å². The molecule has 1 aliphatic heterocycles. The fourth-order valence-corrected chi connectivity index (χ4v) is 2.49. The van der Waals surface area contributed by atoms with Crippen LogP contribution in [0.1, 0.15) is 39.5 Å². The summed E-state index contributed by atoms with van der Waals surface area (Å²) in [5.74, 6) is 0.553. The third-order valence-corrected chi connectivity index (χ3v) is 4.16. The average Bonchev–Trinajstić information content (AvgIpc) is 2.70. The molecule has 1 saturated carbocycles. The van der Waals surface area contributed by atoms with Crippen molar-refractivity contribution in [3.05, 3.63) is 0 Å². The molecular weight excluding hydrogens is 224 g/mol. The number of hydrogen-bond acceptors (Lipinski definition) is 2. The second-order valence-corrected chi connectivity index (χ2v) is 5.30. The summed E-state index contributed by atoms with van der Waals surface area (Å²) in [6.07, 6.45) is 4.65. The van der Waals surface area contributed by atoms with Crippen molar-refractivity contribution < 1.29 is 4.79 Å². The summed E-state index contributed by atoms with van der Waals surface area (Å²) in [5, 5.41) is 6.47. The molecule has 4 heteroatoms. The van der Waals surface area contributed by atoms with E-state index < -0.39 is 0 Å². The minimum atomic E-state index is 0. The Kier molecular flexibility index (Phi) is 4.62. The molecule has 0 aromatic heterocycles. The van der Waals surface area contributed by atoms with Crippen molar-refractivity contribution in [2.75, 3.05) is 13.1 Å². The molecule has 0 aromatic rings. The molecule has 2 N–H and O–H groups in total. The predicted octanol–water partition coefficient (Wildman–Crippen LogP) is 1.71. The third-order valence-electron chi connectivity index (χ3n) is 4.16. The van der Waals surface area contributed by atoms with E-state index in [0.717, 1.165) is 25.9 Å². The first-order valence-electron chi connectivity index (χ1n) is 6.17. The monoisotopic (exact) mass is 246 g/mol. The number of rotatable bonds is 4. The first-order chi connectivity index (χ1) is 7.15. The van der Waals surface area contributed by atoms with Crippen LogP contribution in [0.5, 0.6) is 0 Å². The molecule has 16 heavy (non-hydrogen) atoms. The molecule has 1 amide bonds. The molecule has 0 radical (unpaired) electrons. The largest absolute Gasteiger partial charge is 0.354 e. The van der Waals surface area contributed by atoms with E-state index in [-0.39, 0.29) is 24.2 Å². The number of amides is 1. The maximum absolute atomic E-state index is 11.8.